The second-order valence-electron chi connectivity index (χ2n) is 4.97. The molecule has 0 bridgehead atoms. The number of halogens is 3. The fourth-order valence-corrected chi connectivity index (χ4v) is 2.56. The van der Waals surface area contributed by atoms with Crippen molar-refractivity contribution in [3.8, 4) is 0 Å². The van der Waals surface area contributed by atoms with Crippen LogP contribution in [0.1, 0.15) is 18.5 Å². The first-order valence-corrected chi connectivity index (χ1v) is 6.44. The zero-order chi connectivity index (χ0) is 14.3. The summed E-state index contributed by atoms with van der Waals surface area (Å²) in [6, 6.07) is 5.58. The molecule has 1 aliphatic heterocycles. The minimum atomic E-state index is -4.54. The molecular weight excluding hydrogens is 269 g/mol. The van der Waals surface area contributed by atoms with Crippen molar-refractivity contribution in [2.24, 2.45) is 0 Å². The normalized spacial score (nSPS) is 16.1. The van der Waals surface area contributed by atoms with E-state index < -0.39 is 17.3 Å². The largest absolute Gasteiger partial charge is 0.431 e. The van der Waals surface area contributed by atoms with Gasteiger partial charge >= 0.3 is 6.18 Å². The first-order valence-electron chi connectivity index (χ1n) is 6.44. The molecule has 1 N–H and O–H groups in total. The number of rotatable bonds is 1. The Hall–Kier alpha value is -1.98. The van der Waals surface area contributed by atoms with Gasteiger partial charge in [-0.25, -0.2) is 0 Å². The summed E-state index contributed by atoms with van der Waals surface area (Å²) < 4.78 is 37.9. The van der Waals surface area contributed by atoms with Gasteiger partial charge in [0, 0.05) is 35.7 Å². The maximum Gasteiger partial charge on any atom is 0.431 e. The van der Waals surface area contributed by atoms with Crippen molar-refractivity contribution in [2.75, 3.05) is 18.0 Å². The number of anilines is 1. The lowest BCUT2D eigenvalue weighted by molar-refractivity contribution is -0.141. The van der Waals surface area contributed by atoms with Crippen molar-refractivity contribution in [1.82, 2.24) is 4.98 Å². The lowest BCUT2D eigenvalue weighted by Crippen LogP contribution is -2.18. The molecule has 1 saturated heterocycles. The summed E-state index contributed by atoms with van der Waals surface area (Å²) in [7, 11) is 0. The molecule has 0 saturated carbocycles. The second-order valence-corrected chi connectivity index (χ2v) is 4.97. The van der Waals surface area contributed by atoms with E-state index in [-0.39, 0.29) is 5.52 Å². The Morgan fingerprint density at radius 2 is 1.80 bits per heavy atom. The molecule has 2 heterocycles. The number of pyridine rings is 1. The average Bonchev–Trinajstić information content (AvgIpc) is 2.91. The van der Waals surface area contributed by atoms with Crippen molar-refractivity contribution in [3.05, 3.63) is 40.2 Å². The Morgan fingerprint density at radius 3 is 2.45 bits per heavy atom. The van der Waals surface area contributed by atoms with E-state index in [4.69, 9.17) is 0 Å². The van der Waals surface area contributed by atoms with Gasteiger partial charge in [-0.2, -0.15) is 13.2 Å². The number of benzene rings is 1. The van der Waals surface area contributed by atoms with E-state index in [0.29, 0.717) is 11.5 Å². The van der Waals surface area contributed by atoms with E-state index in [1.807, 2.05) is 0 Å². The monoisotopic (exact) mass is 282 g/mol. The summed E-state index contributed by atoms with van der Waals surface area (Å²) in [5.74, 6) is 0. The maximum atomic E-state index is 12.6. The van der Waals surface area contributed by atoms with E-state index in [1.165, 1.54) is 0 Å². The highest BCUT2D eigenvalue weighted by atomic mass is 19.4. The molecule has 0 amide bonds. The lowest BCUT2D eigenvalue weighted by Gasteiger charge is -2.18. The third kappa shape index (κ3) is 2.26. The van der Waals surface area contributed by atoms with Gasteiger partial charge in [0.2, 0.25) is 0 Å². The molecular formula is C14H13F3N2O. The van der Waals surface area contributed by atoms with Crippen LogP contribution >= 0.6 is 0 Å². The van der Waals surface area contributed by atoms with Crippen LogP contribution in [0.15, 0.2) is 29.1 Å². The number of alkyl halides is 3. The molecule has 1 aromatic carbocycles. The van der Waals surface area contributed by atoms with Gasteiger partial charge in [-0.3, -0.25) is 4.79 Å². The highest BCUT2D eigenvalue weighted by molar-refractivity contribution is 5.82. The van der Waals surface area contributed by atoms with Crippen LogP contribution in [0.2, 0.25) is 0 Å². The van der Waals surface area contributed by atoms with Crippen LogP contribution in [0.4, 0.5) is 18.9 Å². The van der Waals surface area contributed by atoms with Crippen molar-refractivity contribution >= 4 is 16.6 Å². The van der Waals surface area contributed by atoms with Crippen LogP contribution in [-0.4, -0.2) is 18.1 Å². The van der Waals surface area contributed by atoms with Gasteiger partial charge in [0.25, 0.3) is 0 Å². The van der Waals surface area contributed by atoms with Crippen molar-refractivity contribution < 1.29 is 13.2 Å². The molecule has 0 atom stereocenters. The van der Waals surface area contributed by atoms with E-state index in [1.54, 1.807) is 18.2 Å². The SMILES string of the molecule is O=c1cc(C(F)(F)F)[nH]c2ccc(N3CCCC3)cc12. The van der Waals surface area contributed by atoms with Gasteiger partial charge in [-0.1, -0.05) is 0 Å². The average molecular weight is 282 g/mol. The smallest absolute Gasteiger partial charge is 0.372 e. The van der Waals surface area contributed by atoms with Gasteiger partial charge in [0.1, 0.15) is 5.69 Å². The molecule has 6 heteroatoms. The first-order chi connectivity index (χ1) is 9.45. The van der Waals surface area contributed by atoms with Gasteiger partial charge < -0.3 is 9.88 Å². The summed E-state index contributed by atoms with van der Waals surface area (Å²) >= 11 is 0. The second kappa shape index (κ2) is 4.54. The first kappa shape index (κ1) is 13.0. The Kier molecular flexibility index (Phi) is 2.96. The highest BCUT2D eigenvalue weighted by Crippen LogP contribution is 2.29. The van der Waals surface area contributed by atoms with Crippen LogP contribution in [0.25, 0.3) is 10.9 Å². The molecule has 20 heavy (non-hydrogen) atoms. The summed E-state index contributed by atoms with van der Waals surface area (Å²) in [6.45, 7) is 1.84. The Bertz CT molecular complexity index is 700. The maximum absolute atomic E-state index is 12.6. The number of hydrogen-bond donors (Lipinski definition) is 1. The zero-order valence-electron chi connectivity index (χ0n) is 10.6. The summed E-state index contributed by atoms with van der Waals surface area (Å²) in [5.41, 5.74) is -0.510. The number of aromatic amines is 1. The molecule has 0 aliphatic carbocycles. The zero-order valence-corrected chi connectivity index (χ0v) is 10.6. The molecule has 0 spiro atoms. The number of fused-ring (bicyclic) bond motifs is 1. The molecule has 3 nitrogen and oxygen atoms in total. The predicted octanol–water partition coefficient (Wildman–Crippen LogP) is 3.15. The summed E-state index contributed by atoms with van der Waals surface area (Å²) in [6.07, 6.45) is -2.34. The standard InChI is InChI=1S/C14H13F3N2O/c15-14(16,17)13-8-12(20)10-7-9(3-4-11(10)18-13)19-5-1-2-6-19/h3-4,7-8H,1-2,5-6H2,(H,18,20). The van der Waals surface area contributed by atoms with E-state index >= 15 is 0 Å². The predicted molar refractivity (Wildman–Crippen MR) is 71.0 cm³/mol. The van der Waals surface area contributed by atoms with Crippen LogP contribution in [0.5, 0.6) is 0 Å². The molecule has 0 unspecified atom stereocenters. The molecule has 2 aromatic rings. The summed E-state index contributed by atoms with van der Waals surface area (Å²) in [5, 5.41) is 0.294. The minimum absolute atomic E-state index is 0.216. The molecule has 3 rings (SSSR count). The molecule has 1 aliphatic rings. The lowest BCUT2D eigenvalue weighted by atomic mass is 10.1. The topological polar surface area (TPSA) is 36.1 Å². The Balaban J connectivity index is 2.11. The highest BCUT2D eigenvalue weighted by Gasteiger charge is 2.32. The van der Waals surface area contributed by atoms with Crippen molar-refractivity contribution in [1.29, 1.82) is 0 Å². The Labute approximate surface area is 113 Å². The molecule has 106 valence electrons. The van der Waals surface area contributed by atoms with E-state index in [2.05, 4.69) is 9.88 Å². The molecule has 1 aromatic heterocycles. The fourth-order valence-electron chi connectivity index (χ4n) is 2.56. The van der Waals surface area contributed by atoms with E-state index in [9.17, 15) is 18.0 Å². The van der Waals surface area contributed by atoms with Crippen molar-refractivity contribution in [3.63, 3.8) is 0 Å². The van der Waals surface area contributed by atoms with Crippen LogP contribution in [-0.2, 0) is 6.18 Å². The number of hydrogen-bond acceptors (Lipinski definition) is 2. The summed E-state index contributed by atoms with van der Waals surface area (Å²) in [4.78, 5) is 16.3. The third-order valence-electron chi connectivity index (χ3n) is 3.59. The van der Waals surface area contributed by atoms with Gasteiger partial charge in [-0.05, 0) is 31.0 Å². The van der Waals surface area contributed by atoms with Gasteiger partial charge in [0.05, 0.1) is 0 Å². The van der Waals surface area contributed by atoms with Crippen LogP contribution in [0, 0.1) is 0 Å². The van der Waals surface area contributed by atoms with Gasteiger partial charge in [-0.15, -0.1) is 0 Å². The number of nitrogens with zero attached hydrogens (tertiary/aromatic N) is 1. The van der Waals surface area contributed by atoms with Crippen molar-refractivity contribution in [2.45, 2.75) is 19.0 Å². The Morgan fingerprint density at radius 1 is 1.10 bits per heavy atom. The van der Waals surface area contributed by atoms with Crippen LogP contribution in [0.3, 0.4) is 0 Å². The van der Waals surface area contributed by atoms with E-state index in [0.717, 1.165) is 31.6 Å². The molecule has 0 radical (unpaired) electrons. The number of H-pyrrole nitrogens is 1. The number of nitrogens with one attached hydrogen (secondary N) is 1. The third-order valence-corrected chi connectivity index (χ3v) is 3.59. The van der Waals surface area contributed by atoms with Crippen LogP contribution < -0.4 is 10.3 Å². The van der Waals surface area contributed by atoms with Gasteiger partial charge in [0.15, 0.2) is 5.43 Å². The minimum Gasteiger partial charge on any atom is -0.372 e. The number of aromatic nitrogens is 1. The molecule has 1 fully saturated rings. The quantitative estimate of drug-likeness (QED) is 0.872. The fraction of sp³-hybridized carbons (Fsp3) is 0.357.